The van der Waals surface area contributed by atoms with E-state index in [9.17, 15) is 5.11 Å². The van der Waals surface area contributed by atoms with E-state index in [2.05, 4.69) is 26.0 Å². The molecule has 2 rings (SSSR count). The number of rotatable bonds is 5. The van der Waals surface area contributed by atoms with Gasteiger partial charge in [0.25, 0.3) is 0 Å². The molecule has 1 N–H and O–H groups in total. The van der Waals surface area contributed by atoms with Crippen LogP contribution in [0.25, 0.3) is 0 Å². The van der Waals surface area contributed by atoms with Gasteiger partial charge in [-0.05, 0) is 68.1 Å². The molecule has 124 valence electrons. The second-order valence-corrected chi connectivity index (χ2v) is 7.99. The molecule has 0 aliphatic heterocycles. The monoisotopic (exact) mass is 342 g/mol. The van der Waals surface area contributed by atoms with Crippen LogP contribution in [0.2, 0.25) is 10.0 Å². The van der Waals surface area contributed by atoms with Crippen molar-refractivity contribution in [1.29, 1.82) is 0 Å². The van der Waals surface area contributed by atoms with Crippen molar-refractivity contribution in [2.75, 3.05) is 0 Å². The van der Waals surface area contributed by atoms with Crippen molar-refractivity contribution in [3.05, 3.63) is 33.8 Å². The van der Waals surface area contributed by atoms with Crippen LogP contribution >= 0.6 is 23.2 Å². The number of halogens is 2. The molecule has 0 saturated heterocycles. The van der Waals surface area contributed by atoms with Gasteiger partial charge in [0, 0.05) is 0 Å². The Hall–Kier alpha value is -0.240. The van der Waals surface area contributed by atoms with E-state index >= 15 is 0 Å². The summed E-state index contributed by atoms with van der Waals surface area (Å²) in [6, 6.07) is 6.13. The summed E-state index contributed by atoms with van der Waals surface area (Å²) in [5.74, 6) is 0.630. The number of hydrogen-bond donors (Lipinski definition) is 1. The van der Waals surface area contributed by atoms with E-state index in [-0.39, 0.29) is 5.41 Å². The molecule has 1 fully saturated rings. The highest BCUT2D eigenvalue weighted by Gasteiger charge is 2.44. The van der Waals surface area contributed by atoms with Crippen LogP contribution in [-0.2, 0) is 5.41 Å². The maximum Gasteiger partial charge on any atom is 0.0620 e. The lowest BCUT2D eigenvalue weighted by Crippen LogP contribution is -2.44. The van der Waals surface area contributed by atoms with Gasteiger partial charge in [0.05, 0.1) is 15.6 Å². The maximum absolute atomic E-state index is 10.4. The first-order valence-corrected chi connectivity index (χ1v) is 9.28. The van der Waals surface area contributed by atoms with Crippen LogP contribution in [0.4, 0.5) is 0 Å². The lowest BCUT2D eigenvalue weighted by Gasteiger charge is -2.48. The zero-order valence-corrected chi connectivity index (χ0v) is 15.5. The fourth-order valence-electron chi connectivity index (χ4n) is 4.19. The largest absolute Gasteiger partial charge is 0.390 e. The van der Waals surface area contributed by atoms with E-state index in [0.29, 0.717) is 16.0 Å². The maximum atomic E-state index is 10.4. The molecular formula is C19H28Cl2O. The van der Waals surface area contributed by atoms with Crippen LogP contribution in [0.5, 0.6) is 0 Å². The molecular weight excluding hydrogens is 315 g/mol. The summed E-state index contributed by atoms with van der Waals surface area (Å²) in [6.45, 7) is 6.50. The predicted octanol–water partition coefficient (Wildman–Crippen LogP) is 6.38. The van der Waals surface area contributed by atoms with Crippen molar-refractivity contribution in [2.45, 2.75) is 76.7 Å². The molecule has 0 radical (unpaired) electrons. The Kier molecular flexibility index (Phi) is 5.85. The quantitative estimate of drug-likeness (QED) is 0.657. The standard InChI is InChI=1S/C19H28Cl2O/c1-4-6-14(5-2)19(11-9-18(3,22)10-12-19)15-7-8-16(20)17(21)13-15/h7-8,13-14,22H,4-6,9-12H2,1-3H3/t14-,18-,19-/m1/s1. The van der Waals surface area contributed by atoms with Gasteiger partial charge in [-0.1, -0.05) is 56.0 Å². The van der Waals surface area contributed by atoms with E-state index in [1.807, 2.05) is 13.0 Å². The number of hydrogen-bond acceptors (Lipinski definition) is 1. The fraction of sp³-hybridized carbons (Fsp3) is 0.684. The van der Waals surface area contributed by atoms with E-state index in [4.69, 9.17) is 23.2 Å². The summed E-state index contributed by atoms with van der Waals surface area (Å²) < 4.78 is 0. The molecule has 0 unspecified atom stereocenters. The third-order valence-corrected chi connectivity index (χ3v) is 6.36. The smallest absolute Gasteiger partial charge is 0.0620 e. The first-order valence-electron chi connectivity index (χ1n) is 8.52. The Morgan fingerprint density at radius 2 is 1.73 bits per heavy atom. The molecule has 0 heterocycles. The Bertz CT molecular complexity index is 500. The average molecular weight is 343 g/mol. The SMILES string of the molecule is CCC[C@@H](CC)[C@]1(c2ccc(Cl)c(Cl)c2)CC[C@](C)(O)CC1. The van der Waals surface area contributed by atoms with Gasteiger partial charge in [-0.2, -0.15) is 0 Å². The highest BCUT2D eigenvalue weighted by molar-refractivity contribution is 6.42. The zero-order chi connectivity index (χ0) is 16.4. The van der Waals surface area contributed by atoms with Crippen LogP contribution in [0.1, 0.15) is 71.3 Å². The Morgan fingerprint density at radius 3 is 2.23 bits per heavy atom. The molecule has 1 nitrogen and oxygen atoms in total. The van der Waals surface area contributed by atoms with E-state index < -0.39 is 5.60 Å². The predicted molar refractivity (Wildman–Crippen MR) is 95.9 cm³/mol. The molecule has 1 aliphatic rings. The molecule has 3 heteroatoms. The van der Waals surface area contributed by atoms with E-state index in [1.165, 1.54) is 18.4 Å². The molecule has 22 heavy (non-hydrogen) atoms. The van der Waals surface area contributed by atoms with Crippen molar-refractivity contribution < 1.29 is 5.11 Å². The third kappa shape index (κ3) is 3.63. The van der Waals surface area contributed by atoms with Gasteiger partial charge < -0.3 is 5.11 Å². The Balaban J connectivity index is 2.43. The lowest BCUT2D eigenvalue weighted by atomic mass is 9.58. The highest BCUT2D eigenvalue weighted by atomic mass is 35.5. The van der Waals surface area contributed by atoms with Gasteiger partial charge in [0.15, 0.2) is 0 Å². The summed E-state index contributed by atoms with van der Waals surface area (Å²) in [4.78, 5) is 0. The van der Waals surface area contributed by atoms with Crippen LogP contribution in [0, 0.1) is 5.92 Å². The molecule has 0 amide bonds. The average Bonchev–Trinajstić information content (AvgIpc) is 2.48. The summed E-state index contributed by atoms with van der Waals surface area (Å²) in [6.07, 6.45) is 7.33. The summed E-state index contributed by atoms with van der Waals surface area (Å²) in [7, 11) is 0. The van der Waals surface area contributed by atoms with Crippen molar-refractivity contribution >= 4 is 23.2 Å². The van der Waals surface area contributed by atoms with Gasteiger partial charge in [0.2, 0.25) is 0 Å². The summed E-state index contributed by atoms with van der Waals surface area (Å²) in [5, 5.41) is 11.6. The molecule has 1 aliphatic carbocycles. The van der Waals surface area contributed by atoms with Crippen LogP contribution < -0.4 is 0 Å². The number of aliphatic hydroxyl groups is 1. The van der Waals surface area contributed by atoms with Crippen molar-refractivity contribution in [3.63, 3.8) is 0 Å². The van der Waals surface area contributed by atoms with Gasteiger partial charge in [-0.15, -0.1) is 0 Å². The Labute approximate surface area is 145 Å². The van der Waals surface area contributed by atoms with E-state index in [1.54, 1.807) is 0 Å². The first-order chi connectivity index (χ1) is 10.3. The fourth-order valence-corrected chi connectivity index (χ4v) is 4.49. The summed E-state index contributed by atoms with van der Waals surface area (Å²) in [5.41, 5.74) is 0.906. The van der Waals surface area contributed by atoms with Crippen molar-refractivity contribution in [3.8, 4) is 0 Å². The van der Waals surface area contributed by atoms with E-state index in [0.717, 1.165) is 32.1 Å². The topological polar surface area (TPSA) is 20.2 Å². The zero-order valence-electron chi connectivity index (χ0n) is 14.0. The molecule has 0 aromatic heterocycles. The van der Waals surface area contributed by atoms with Crippen LogP contribution in [0.3, 0.4) is 0 Å². The van der Waals surface area contributed by atoms with Gasteiger partial charge in [0.1, 0.15) is 0 Å². The first kappa shape index (κ1) is 18.1. The van der Waals surface area contributed by atoms with Crippen molar-refractivity contribution in [1.82, 2.24) is 0 Å². The molecule has 1 saturated carbocycles. The second kappa shape index (κ2) is 7.11. The lowest BCUT2D eigenvalue weighted by molar-refractivity contribution is -0.0139. The molecule has 1 aromatic carbocycles. The van der Waals surface area contributed by atoms with Crippen molar-refractivity contribution in [2.24, 2.45) is 5.92 Å². The highest BCUT2D eigenvalue weighted by Crippen LogP contribution is 2.51. The molecule has 1 atom stereocenters. The second-order valence-electron chi connectivity index (χ2n) is 7.18. The minimum atomic E-state index is -0.524. The Morgan fingerprint density at radius 1 is 1.09 bits per heavy atom. The molecule has 0 spiro atoms. The van der Waals surface area contributed by atoms with Crippen LogP contribution in [0.15, 0.2) is 18.2 Å². The molecule has 1 aromatic rings. The normalized spacial score (nSPS) is 30.3. The summed E-state index contributed by atoms with van der Waals surface area (Å²) >= 11 is 12.4. The minimum Gasteiger partial charge on any atom is -0.390 e. The van der Waals surface area contributed by atoms with Gasteiger partial charge in [-0.25, -0.2) is 0 Å². The minimum absolute atomic E-state index is 0.126. The van der Waals surface area contributed by atoms with Gasteiger partial charge >= 0.3 is 0 Å². The molecule has 0 bridgehead atoms. The van der Waals surface area contributed by atoms with Gasteiger partial charge in [-0.3, -0.25) is 0 Å². The van der Waals surface area contributed by atoms with Crippen LogP contribution in [-0.4, -0.2) is 10.7 Å². The third-order valence-electron chi connectivity index (χ3n) is 5.63. The number of benzene rings is 1.